The minimum Gasteiger partial charge on any atom is -0.468 e. The van der Waals surface area contributed by atoms with Crippen molar-refractivity contribution in [1.82, 2.24) is 5.32 Å². The number of ether oxygens (including phenoxy) is 1. The molecule has 1 N–H and O–H groups in total. The summed E-state index contributed by atoms with van der Waals surface area (Å²) in [6, 6.07) is 4.93. The standard InChI is InChI=1S/C14H19Cl2NO2/c1-4-9(2)13(14(18)19-3)17-8-10-7-11(15)5-6-12(10)16/h5-7,9,13,17H,4,8H2,1-3H3. The monoisotopic (exact) mass is 303 g/mol. The number of carbonyl (C=O) groups excluding carboxylic acids is 1. The first kappa shape index (κ1) is 16.3. The van der Waals surface area contributed by atoms with Gasteiger partial charge in [-0.25, -0.2) is 0 Å². The van der Waals surface area contributed by atoms with Crippen LogP contribution in [0.5, 0.6) is 0 Å². The zero-order chi connectivity index (χ0) is 14.4. The topological polar surface area (TPSA) is 38.3 Å². The van der Waals surface area contributed by atoms with Crippen LogP contribution in [-0.4, -0.2) is 19.1 Å². The van der Waals surface area contributed by atoms with E-state index in [0.29, 0.717) is 16.6 Å². The van der Waals surface area contributed by atoms with Crippen LogP contribution in [0.25, 0.3) is 0 Å². The van der Waals surface area contributed by atoms with Crippen molar-refractivity contribution in [2.45, 2.75) is 32.9 Å². The molecule has 0 amide bonds. The van der Waals surface area contributed by atoms with Crippen LogP contribution < -0.4 is 5.32 Å². The number of methoxy groups -OCH3 is 1. The molecule has 0 aromatic heterocycles. The zero-order valence-electron chi connectivity index (χ0n) is 11.4. The molecule has 0 radical (unpaired) electrons. The SMILES string of the molecule is CCC(C)C(NCc1cc(Cl)ccc1Cl)C(=O)OC. The molecule has 0 fully saturated rings. The molecule has 2 atom stereocenters. The first-order valence-electron chi connectivity index (χ1n) is 6.24. The molecule has 0 saturated heterocycles. The second-order valence-electron chi connectivity index (χ2n) is 4.50. The summed E-state index contributed by atoms with van der Waals surface area (Å²) in [6.45, 7) is 4.52. The lowest BCUT2D eigenvalue weighted by atomic mass is 9.99. The average Bonchev–Trinajstić information content (AvgIpc) is 2.41. The van der Waals surface area contributed by atoms with Gasteiger partial charge in [0.1, 0.15) is 6.04 Å². The van der Waals surface area contributed by atoms with Crippen molar-refractivity contribution in [3.63, 3.8) is 0 Å². The molecule has 0 saturated carbocycles. The summed E-state index contributed by atoms with van der Waals surface area (Å²) in [5.74, 6) is -0.0714. The van der Waals surface area contributed by atoms with E-state index in [0.717, 1.165) is 12.0 Å². The van der Waals surface area contributed by atoms with E-state index in [1.165, 1.54) is 7.11 Å². The molecule has 0 heterocycles. The summed E-state index contributed by atoms with van der Waals surface area (Å²) < 4.78 is 4.82. The third-order valence-electron chi connectivity index (χ3n) is 3.19. The fourth-order valence-corrected chi connectivity index (χ4v) is 2.16. The van der Waals surface area contributed by atoms with E-state index >= 15 is 0 Å². The lowest BCUT2D eigenvalue weighted by Gasteiger charge is -2.22. The predicted octanol–water partition coefficient (Wildman–Crippen LogP) is 3.67. The van der Waals surface area contributed by atoms with E-state index in [-0.39, 0.29) is 17.9 Å². The Morgan fingerprint density at radius 2 is 2.11 bits per heavy atom. The van der Waals surface area contributed by atoms with Gasteiger partial charge in [0.2, 0.25) is 0 Å². The van der Waals surface area contributed by atoms with Crippen molar-refractivity contribution in [1.29, 1.82) is 0 Å². The molecule has 2 unspecified atom stereocenters. The van der Waals surface area contributed by atoms with Gasteiger partial charge in [0, 0.05) is 16.6 Å². The molecule has 1 aromatic carbocycles. The molecule has 3 nitrogen and oxygen atoms in total. The normalized spacial score (nSPS) is 13.9. The van der Waals surface area contributed by atoms with Crippen LogP contribution in [0.1, 0.15) is 25.8 Å². The van der Waals surface area contributed by atoms with Crippen LogP contribution in [0.3, 0.4) is 0 Å². The van der Waals surface area contributed by atoms with Gasteiger partial charge in [-0.1, -0.05) is 43.5 Å². The van der Waals surface area contributed by atoms with Crippen molar-refractivity contribution in [3.05, 3.63) is 33.8 Å². The summed E-state index contributed by atoms with van der Waals surface area (Å²) in [5, 5.41) is 4.44. The van der Waals surface area contributed by atoms with E-state index in [9.17, 15) is 4.79 Å². The fraction of sp³-hybridized carbons (Fsp3) is 0.500. The number of rotatable bonds is 6. The van der Waals surface area contributed by atoms with Crippen LogP contribution in [0.15, 0.2) is 18.2 Å². The first-order valence-corrected chi connectivity index (χ1v) is 7.00. The number of hydrogen-bond donors (Lipinski definition) is 1. The zero-order valence-corrected chi connectivity index (χ0v) is 12.9. The third-order valence-corrected chi connectivity index (χ3v) is 3.79. The molecule has 0 bridgehead atoms. The highest BCUT2D eigenvalue weighted by atomic mass is 35.5. The van der Waals surface area contributed by atoms with Gasteiger partial charge in [0.25, 0.3) is 0 Å². The Hall–Kier alpha value is -0.770. The van der Waals surface area contributed by atoms with Gasteiger partial charge in [-0.2, -0.15) is 0 Å². The molecular formula is C14H19Cl2NO2. The molecule has 0 aliphatic carbocycles. The van der Waals surface area contributed by atoms with E-state index in [1.807, 2.05) is 13.8 Å². The molecule has 1 rings (SSSR count). The predicted molar refractivity (Wildman–Crippen MR) is 78.6 cm³/mol. The van der Waals surface area contributed by atoms with Crippen LogP contribution >= 0.6 is 23.2 Å². The van der Waals surface area contributed by atoms with E-state index in [4.69, 9.17) is 27.9 Å². The summed E-state index contributed by atoms with van der Waals surface area (Å²) >= 11 is 12.0. The molecule has 0 aliphatic heterocycles. The highest BCUT2D eigenvalue weighted by molar-refractivity contribution is 6.33. The first-order chi connectivity index (χ1) is 8.99. The highest BCUT2D eigenvalue weighted by Crippen LogP contribution is 2.21. The Morgan fingerprint density at radius 1 is 1.42 bits per heavy atom. The summed E-state index contributed by atoms with van der Waals surface area (Å²) in [6.07, 6.45) is 0.885. The Kier molecular flexibility index (Phi) is 6.63. The number of nitrogens with one attached hydrogen (secondary N) is 1. The number of halogens is 2. The van der Waals surface area contributed by atoms with Crippen molar-refractivity contribution in [2.24, 2.45) is 5.92 Å². The van der Waals surface area contributed by atoms with E-state index < -0.39 is 0 Å². The minimum absolute atomic E-state index is 0.186. The Bertz CT molecular complexity index is 437. The molecule has 5 heteroatoms. The minimum atomic E-state index is -0.343. The highest BCUT2D eigenvalue weighted by Gasteiger charge is 2.24. The smallest absolute Gasteiger partial charge is 0.323 e. The van der Waals surface area contributed by atoms with Crippen LogP contribution in [0.2, 0.25) is 10.0 Å². The van der Waals surface area contributed by atoms with Crippen LogP contribution in [-0.2, 0) is 16.1 Å². The van der Waals surface area contributed by atoms with Gasteiger partial charge in [0.05, 0.1) is 7.11 Å². The molecule has 0 aliphatic rings. The summed E-state index contributed by atoms with van der Waals surface area (Å²) in [7, 11) is 1.39. The fourth-order valence-electron chi connectivity index (χ4n) is 1.78. The van der Waals surface area contributed by atoms with Gasteiger partial charge in [-0.15, -0.1) is 0 Å². The Labute approximate surface area is 124 Å². The second kappa shape index (κ2) is 7.73. The van der Waals surface area contributed by atoms with Gasteiger partial charge in [0.15, 0.2) is 0 Å². The van der Waals surface area contributed by atoms with Crippen molar-refractivity contribution >= 4 is 29.2 Å². The lowest BCUT2D eigenvalue weighted by Crippen LogP contribution is -2.42. The van der Waals surface area contributed by atoms with Crippen molar-refractivity contribution in [3.8, 4) is 0 Å². The largest absolute Gasteiger partial charge is 0.468 e. The number of carbonyl (C=O) groups is 1. The summed E-state index contributed by atoms with van der Waals surface area (Å²) in [4.78, 5) is 11.7. The van der Waals surface area contributed by atoms with Crippen molar-refractivity contribution < 1.29 is 9.53 Å². The van der Waals surface area contributed by atoms with Crippen molar-refractivity contribution in [2.75, 3.05) is 7.11 Å². The maximum absolute atomic E-state index is 11.7. The average molecular weight is 304 g/mol. The molecule has 19 heavy (non-hydrogen) atoms. The van der Waals surface area contributed by atoms with E-state index in [1.54, 1.807) is 18.2 Å². The Morgan fingerprint density at radius 3 is 2.68 bits per heavy atom. The molecule has 106 valence electrons. The quantitative estimate of drug-likeness (QED) is 0.815. The third kappa shape index (κ3) is 4.68. The number of benzene rings is 1. The Balaban J connectivity index is 2.75. The lowest BCUT2D eigenvalue weighted by molar-refractivity contribution is -0.144. The number of esters is 1. The second-order valence-corrected chi connectivity index (χ2v) is 5.35. The van der Waals surface area contributed by atoms with Gasteiger partial charge >= 0.3 is 5.97 Å². The van der Waals surface area contributed by atoms with Crippen LogP contribution in [0.4, 0.5) is 0 Å². The van der Waals surface area contributed by atoms with Gasteiger partial charge in [-0.05, 0) is 29.7 Å². The van der Waals surface area contributed by atoms with Gasteiger partial charge < -0.3 is 10.1 Å². The molecule has 0 spiro atoms. The maximum atomic E-state index is 11.7. The maximum Gasteiger partial charge on any atom is 0.323 e. The number of hydrogen-bond acceptors (Lipinski definition) is 3. The summed E-state index contributed by atoms with van der Waals surface area (Å²) in [5.41, 5.74) is 0.867. The molecule has 1 aromatic rings. The molecular weight excluding hydrogens is 285 g/mol. The van der Waals surface area contributed by atoms with E-state index in [2.05, 4.69) is 5.32 Å². The van der Waals surface area contributed by atoms with Crippen LogP contribution in [0, 0.1) is 5.92 Å². The van der Waals surface area contributed by atoms with Gasteiger partial charge in [-0.3, -0.25) is 4.79 Å².